The first-order valence-corrected chi connectivity index (χ1v) is 10.4. The first-order valence-electron chi connectivity index (χ1n) is 10.4. The average molecular weight is 435 g/mol. The molecule has 2 heterocycles. The molecule has 1 aromatic heterocycles. The number of benzene rings is 2. The summed E-state index contributed by atoms with van der Waals surface area (Å²) in [6.07, 6.45) is 0.212. The third kappa shape index (κ3) is 4.36. The fourth-order valence-electron chi connectivity index (χ4n) is 3.68. The van der Waals surface area contributed by atoms with Crippen LogP contribution in [0.2, 0.25) is 0 Å². The lowest BCUT2D eigenvalue weighted by Crippen LogP contribution is -2.45. The highest BCUT2D eigenvalue weighted by molar-refractivity contribution is 6.06. The van der Waals surface area contributed by atoms with E-state index in [-0.39, 0.29) is 11.5 Å². The zero-order chi connectivity index (χ0) is 22.8. The van der Waals surface area contributed by atoms with E-state index < -0.39 is 17.6 Å². The second-order valence-corrected chi connectivity index (χ2v) is 8.03. The minimum Gasteiger partial charge on any atom is -0.479 e. The molecule has 1 unspecified atom stereocenters. The number of para-hydroxylation sites is 1. The van der Waals surface area contributed by atoms with Gasteiger partial charge in [-0.3, -0.25) is 9.59 Å². The largest absolute Gasteiger partial charge is 0.479 e. The molecule has 1 aliphatic heterocycles. The Kier molecular flexibility index (Phi) is 5.96. The first kappa shape index (κ1) is 21.6. The molecule has 0 fully saturated rings. The van der Waals surface area contributed by atoms with Crippen molar-refractivity contribution in [3.05, 3.63) is 64.5 Å². The highest BCUT2D eigenvalue weighted by Gasteiger charge is 2.31. The van der Waals surface area contributed by atoms with Gasteiger partial charge in [0.15, 0.2) is 6.10 Å². The highest BCUT2D eigenvalue weighted by atomic mass is 16.5. The summed E-state index contributed by atoms with van der Waals surface area (Å²) < 4.78 is 11.0. The van der Waals surface area contributed by atoms with Crippen LogP contribution in [-0.4, -0.2) is 50.0 Å². The molecule has 1 aliphatic rings. The van der Waals surface area contributed by atoms with Crippen LogP contribution in [0.15, 0.2) is 57.7 Å². The van der Waals surface area contributed by atoms with E-state index >= 15 is 0 Å². The number of hydrogen-bond acceptors (Lipinski definition) is 6. The van der Waals surface area contributed by atoms with E-state index in [9.17, 15) is 14.4 Å². The van der Waals surface area contributed by atoms with Crippen molar-refractivity contribution < 1.29 is 18.7 Å². The summed E-state index contributed by atoms with van der Waals surface area (Å²) in [4.78, 5) is 41.6. The zero-order valence-corrected chi connectivity index (χ0v) is 18.3. The second-order valence-electron chi connectivity index (χ2n) is 8.03. The lowest BCUT2D eigenvalue weighted by atomic mass is 10.1. The van der Waals surface area contributed by atoms with Gasteiger partial charge in [0.1, 0.15) is 16.9 Å². The Labute approximate surface area is 185 Å². The van der Waals surface area contributed by atoms with Gasteiger partial charge in [0.05, 0.1) is 5.69 Å². The van der Waals surface area contributed by atoms with Gasteiger partial charge in [-0.1, -0.05) is 18.2 Å². The monoisotopic (exact) mass is 435 g/mol. The molecule has 2 aromatic carbocycles. The van der Waals surface area contributed by atoms with Gasteiger partial charge >= 0.3 is 5.63 Å². The van der Waals surface area contributed by atoms with Crippen LogP contribution in [-0.2, 0) is 4.79 Å². The van der Waals surface area contributed by atoms with Gasteiger partial charge in [-0.25, -0.2) is 4.79 Å². The van der Waals surface area contributed by atoms with Gasteiger partial charge in [0.2, 0.25) is 0 Å². The molecule has 1 N–H and O–H groups in total. The van der Waals surface area contributed by atoms with Crippen molar-refractivity contribution >= 4 is 34.2 Å². The van der Waals surface area contributed by atoms with Crippen molar-refractivity contribution in [3.8, 4) is 5.75 Å². The van der Waals surface area contributed by atoms with E-state index in [4.69, 9.17) is 9.15 Å². The molecule has 8 heteroatoms. The molecule has 1 atom stereocenters. The molecule has 0 saturated carbocycles. The van der Waals surface area contributed by atoms with Crippen LogP contribution in [0.25, 0.3) is 11.0 Å². The number of amides is 2. The Morgan fingerprint density at radius 3 is 2.69 bits per heavy atom. The molecule has 32 heavy (non-hydrogen) atoms. The summed E-state index contributed by atoms with van der Waals surface area (Å²) in [5.41, 5.74) is 0.656. The van der Waals surface area contributed by atoms with E-state index in [1.54, 1.807) is 54.3 Å². The van der Waals surface area contributed by atoms with Crippen LogP contribution >= 0.6 is 0 Å². The van der Waals surface area contributed by atoms with Gasteiger partial charge in [-0.15, -0.1) is 0 Å². The minimum atomic E-state index is -0.711. The molecule has 0 bridgehead atoms. The van der Waals surface area contributed by atoms with Gasteiger partial charge in [0.25, 0.3) is 11.8 Å². The molecule has 0 aliphatic carbocycles. The van der Waals surface area contributed by atoms with Crippen LogP contribution < -0.4 is 20.6 Å². The second kappa shape index (κ2) is 8.84. The summed E-state index contributed by atoms with van der Waals surface area (Å²) in [5, 5.41) is 3.39. The summed E-state index contributed by atoms with van der Waals surface area (Å²) in [5.74, 6) is -0.139. The lowest BCUT2D eigenvalue weighted by molar-refractivity contribution is -0.125. The Bertz CT molecular complexity index is 1230. The Morgan fingerprint density at radius 2 is 1.91 bits per heavy atom. The smallest absolute Gasteiger partial charge is 0.349 e. The summed E-state index contributed by atoms with van der Waals surface area (Å²) in [7, 11) is 3.96. The van der Waals surface area contributed by atoms with Crippen LogP contribution in [0.5, 0.6) is 5.75 Å². The topological polar surface area (TPSA) is 92.1 Å². The summed E-state index contributed by atoms with van der Waals surface area (Å²) in [6.45, 7) is 3.09. The third-order valence-corrected chi connectivity index (χ3v) is 5.30. The van der Waals surface area contributed by atoms with Crippen molar-refractivity contribution in [2.75, 3.05) is 37.4 Å². The van der Waals surface area contributed by atoms with Crippen molar-refractivity contribution in [1.82, 2.24) is 4.90 Å². The van der Waals surface area contributed by atoms with Crippen LogP contribution in [0.1, 0.15) is 23.7 Å². The Morgan fingerprint density at radius 1 is 1.12 bits per heavy atom. The SMILES string of the molecule is CC1Oc2ccc(NC(=O)c3cc4ccccc4oc3=O)cc2N(CCCN(C)C)C1=O. The van der Waals surface area contributed by atoms with Crippen molar-refractivity contribution in [2.24, 2.45) is 0 Å². The van der Waals surface area contributed by atoms with E-state index in [2.05, 4.69) is 10.2 Å². The summed E-state index contributed by atoms with van der Waals surface area (Å²) >= 11 is 0. The van der Waals surface area contributed by atoms with E-state index in [0.29, 0.717) is 34.6 Å². The standard InChI is InChI=1S/C24H25N3O5/c1-15-23(29)27(12-6-11-26(2)3)19-14-17(9-10-21(19)31-15)25-22(28)18-13-16-7-4-5-8-20(16)32-24(18)30/h4-5,7-10,13-15H,6,11-12H2,1-3H3,(H,25,28). The summed E-state index contributed by atoms with van der Waals surface area (Å²) in [6, 6.07) is 13.6. The molecule has 8 nitrogen and oxygen atoms in total. The Hall–Kier alpha value is -3.65. The molecule has 4 rings (SSSR count). The number of nitrogens with one attached hydrogen (secondary N) is 1. The maximum atomic E-state index is 12.8. The predicted molar refractivity (Wildman–Crippen MR) is 122 cm³/mol. The number of anilines is 2. The number of hydrogen-bond donors (Lipinski definition) is 1. The van der Waals surface area contributed by atoms with Gasteiger partial charge in [0, 0.05) is 17.6 Å². The third-order valence-electron chi connectivity index (χ3n) is 5.30. The molecule has 3 aromatic rings. The molecular weight excluding hydrogens is 410 g/mol. The molecule has 0 radical (unpaired) electrons. The minimum absolute atomic E-state index is 0.0924. The van der Waals surface area contributed by atoms with E-state index in [1.165, 1.54) is 6.07 Å². The number of rotatable bonds is 6. The lowest BCUT2D eigenvalue weighted by Gasteiger charge is -2.33. The highest BCUT2D eigenvalue weighted by Crippen LogP contribution is 2.36. The molecule has 0 saturated heterocycles. The number of fused-ring (bicyclic) bond motifs is 2. The maximum Gasteiger partial charge on any atom is 0.349 e. The average Bonchev–Trinajstić information content (AvgIpc) is 2.76. The fraction of sp³-hybridized carbons (Fsp3) is 0.292. The Balaban J connectivity index is 1.60. The van der Waals surface area contributed by atoms with Crippen LogP contribution in [0.3, 0.4) is 0 Å². The zero-order valence-electron chi connectivity index (χ0n) is 18.3. The van der Waals surface area contributed by atoms with E-state index in [1.807, 2.05) is 14.1 Å². The van der Waals surface area contributed by atoms with Gasteiger partial charge in [-0.05, 0) is 64.3 Å². The first-order chi connectivity index (χ1) is 15.3. The van der Waals surface area contributed by atoms with Crippen molar-refractivity contribution in [3.63, 3.8) is 0 Å². The quantitative estimate of drug-likeness (QED) is 0.598. The number of ether oxygens (including phenoxy) is 1. The van der Waals surface area contributed by atoms with Crippen LogP contribution in [0, 0.1) is 0 Å². The van der Waals surface area contributed by atoms with E-state index in [0.717, 1.165) is 13.0 Å². The molecule has 0 spiro atoms. The van der Waals surface area contributed by atoms with Gasteiger partial charge < -0.3 is 24.3 Å². The fourth-order valence-corrected chi connectivity index (χ4v) is 3.68. The van der Waals surface area contributed by atoms with Crippen LogP contribution in [0.4, 0.5) is 11.4 Å². The van der Waals surface area contributed by atoms with Crippen molar-refractivity contribution in [2.45, 2.75) is 19.4 Å². The number of carbonyl (C=O) groups is 2. The molecule has 2 amide bonds. The maximum absolute atomic E-state index is 12.8. The number of carbonyl (C=O) groups excluding carboxylic acids is 2. The predicted octanol–water partition coefficient (Wildman–Crippen LogP) is 3.11. The molecular formula is C24H25N3O5. The number of nitrogens with zero attached hydrogens (tertiary/aromatic N) is 2. The van der Waals surface area contributed by atoms with Crippen molar-refractivity contribution in [1.29, 1.82) is 0 Å². The normalized spacial score (nSPS) is 15.6. The van der Waals surface area contributed by atoms with Gasteiger partial charge in [-0.2, -0.15) is 0 Å². The molecule has 166 valence electrons.